The second-order valence-electron chi connectivity index (χ2n) is 6.48. The third kappa shape index (κ3) is 4.00. The standard InChI is InChI=1S/C21H24N4O2/c1-27-20-12-18(8-9-19(20)17(13-22)14-23)25-11-5-10-24(21(25)26)15-16-6-3-2-4-7-16/h2-4,6-9,12-14,17,22-23H,5,10-11,15H2,1H3. The fourth-order valence-corrected chi connectivity index (χ4v) is 3.34. The SMILES string of the molecule is COc1cc(N2CCCN(Cc3ccccc3)C2=O)ccc1C(C=N)C=N. The molecule has 1 fully saturated rings. The van der Waals surface area contributed by atoms with E-state index in [1.807, 2.05) is 53.4 Å². The summed E-state index contributed by atoms with van der Waals surface area (Å²) in [6.45, 7) is 1.99. The number of urea groups is 1. The molecule has 2 amide bonds. The maximum absolute atomic E-state index is 13.0. The van der Waals surface area contributed by atoms with Gasteiger partial charge in [-0.25, -0.2) is 4.79 Å². The highest BCUT2D eigenvalue weighted by molar-refractivity contribution is 5.94. The fourth-order valence-electron chi connectivity index (χ4n) is 3.34. The molecule has 1 aliphatic heterocycles. The quantitative estimate of drug-likeness (QED) is 0.731. The number of nitrogens with one attached hydrogen (secondary N) is 2. The molecule has 0 bridgehead atoms. The summed E-state index contributed by atoms with van der Waals surface area (Å²) < 4.78 is 5.46. The summed E-state index contributed by atoms with van der Waals surface area (Å²) in [5.74, 6) is 0.151. The lowest BCUT2D eigenvalue weighted by atomic mass is 9.99. The molecule has 2 aromatic rings. The summed E-state index contributed by atoms with van der Waals surface area (Å²) in [5.41, 5.74) is 2.63. The van der Waals surface area contributed by atoms with Gasteiger partial charge in [0.2, 0.25) is 0 Å². The highest BCUT2D eigenvalue weighted by Crippen LogP contribution is 2.31. The summed E-state index contributed by atoms with van der Waals surface area (Å²) >= 11 is 0. The molecule has 6 heteroatoms. The molecule has 0 atom stereocenters. The van der Waals surface area contributed by atoms with Crippen LogP contribution in [0.25, 0.3) is 0 Å². The van der Waals surface area contributed by atoms with Gasteiger partial charge in [0, 0.05) is 49.4 Å². The highest BCUT2D eigenvalue weighted by atomic mass is 16.5. The lowest BCUT2D eigenvalue weighted by molar-refractivity contribution is 0.192. The molecule has 0 saturated carbocycles. The number of rotatable bonds is 7. The van der Waals surface area contributed by atoms with Crippen molar-refractivity contribution in [1.82, 2.24) is 4.90 Å². The zero-order chi connectivity index (χ0) is 19.2. The molecule has 0 radical (unpaired) electrons. The summed E-state index contributed by atoms with van der Waals surface area (Å²) in [4.78, 5) is 16.6. The second-order valence-corrected chi connectivity index (χ2v) is 6.48. The van der Waals surface area contributed by atoms with Crippen molar-refractivity contribution in [3.05, 3.63) is 59.7 Å². The first kappa shape index (κ1) is 18.6. The van der Waals surface area contributed by atoms with Crippen LogP contribution in [-0.4, -0.2) is 43.6 Å². The fraction of sp³-hybridized carbons (Fsp3) is 0.286. The Balaban J connectivity index is 1.83. The predicted molar refractivity (Wildman–Crippen MR) is 108 cm³/mol. The monoisotopic (exact) mass is 364 g/mol. The van der Waals surface area contributed by atoms with E-state index in [1.165, 1.54) is 12.4 Å². The summed E-state index contributed by atoms with van der Waals surface area (Å²) in [7, 11) is 1.56. The Morgan fingerprint density at radius 3 is 2.52 bits per heavy atom. The first-order valence-corrected chi connectivity index (χ1v) is 8.97. The Morgan fingerprint density at radius 2 is 1.85 bits per heavy atom. The van der Waals surface area contributed by atoms with E-state index >= 15 is 0 Å². The van der Waals surface area contributed by atoms with Gasteiger partial charge in [-0.3, -0.25) is 4.90 Å². The van der Waals surface area contributed by atoms with Gasteiger partial charge < -0.3 is 20.5 Å². The molecule has 2 N–H and O–H groups in total. The van der Waals surface area contributed by atoms with Crippen LogP contribution in [0.2, 0.25) is 0 Å². The van der Waals surface area contributed by atoms with Crippen molar-refractivity contribution >= 4 is 24.1 Å². The number of benzene rings is 2. The number of nitrogens with zero attached hydrogens (tertiary/aromatic N) is 2. The average molecular weight is 364 g/mol. The number of amides is 2. The number of hydrogen-bond donors (Lipinski definition) is 2. The Morgan fingerprint density at radius 1 is 1.11 bits per heavy atom. The minimum Gasteiger partial charge on any atom is -0.496 e. The van der Waals surface area contributed by atoms with Gasteiger partial charge in [0.15, 0.2) is 0 Å². The van der Waals surface area contributed by atoms with Gasteiger partial charge in [0.25, 0.3) is 0 Å². The first-order chi connectivity index (χ1) is 13.2. The molecular weight excluding hydrogens is 340 g/mol. The van der Waals surface area contributed by atoms with Gasteiger partial charge in [-0.05, 0) is 18.1 Å². The van der Waals surface area contributed by atoms with Crippen molar-refractivity contribution in [2.75, 3.05) is 25.1 Å². The lowest BCUT2D eigenvalue weighted by Gasteiger charge is -2.36. The van der Waals surface area contributed by atoms with Crippen molar-refractivity contribution in [3.8, 4) is 5.75 Å². The van der Waals surface area contributed by atoms with E-state index in [0.717, 1.165) is 29.8 Å². The molecule has 0 aliphatic carbocycles. The molecule has 3 rings (SSSR count). The molecule has 27 heavy (non-hydrogen) atoms. The van der Waals surface area contributed by atoms with Crippen LogP contribution in [0.15, 0.2) is 48.5 Å². The first-order valence-electron chi connectivity index (χ1n) is 8.97. The second kappa shape index (κ2) is 8.49. The van der Waals surface area contributed by atoms with E-state index in [4.69, 9.17) is 15.6 Å². The zero-order valence-electron chi connectivity index (χ0n) is 15.4. The average Bonchev–Trinajstić information content (AvgIpc) is 2.71. The number of carbonyl (C=O) groups is 1. The van der Waals surface area contributed by atoms with Gasteiger partial charge in [-0.15, -0.1) is 0 Å². The molecule has 6 nitrogen and oxygen atoms in total. The Bertz CT molecular complexity index is 814. The van der Waals surface area contributed by atoms with Crippen LogP contribution in [0.5, 0.6) is 5.75 Å². The molecule has 1 saturated heterocycles. The number of ether oxygens (including phenoxy) is 1. The summed E-state index contributed by atoms with van der Waals surface area (Å²) in [6.07, 6.45) is 3.31. The van der Waals surface area contributed by atoms with Crippen LogP contribution in [0, 0.1) is 10.8 Å². The zero-order valence-corrected chi connectivity index (χ0v) is 15.4. The van der Waals surface area contributed by atoms with Crippen molar-refractivity contribution in [1.29, 1.82) is 10.8 Å². The van der Waals surface area contributed by atoms with E-state index in [-0.39, 0.29) is 6.03 Å². The van der Waals surface area contributed by atoms with Crippen molar-refractivity contribution in [3.63, 3.8) is 0 Å². The van der Waals surface area contributed by atoms with Crippen LogP contribution in [-0.2, 0) is 6.54 Å². The molecule has 0 aromatic heterocycles. The van der Waals surface area contributed by atoms with Crippen LogP contribution >= 0.6 is 0 Å². The highest BCUT2D eigenvalue weighted by Gasteiger charge is 2.27. The van der Waals surface area contributed by atoms with Crippen molar-refractivity contribution in [2.24, 2.45) is 0 Å². The van der Waals surface area contributed by atoms with E-state index in [0.29, 0.717) is 18.8 Å². The normalized spacial score (nSPS) is 15.4. The topological polar surface area (TPSA) is 80.5 Å². The van der Waals surface area contributed by atoms with Crippen LogP contribution < -0.4 is 9.64 Å². The third-order valence-corrected chi connectivity index (χ3v) is 4.77. The number of hydrogen-bond acceptors (Lipinski definition) is 4. The Hall–Kier alpha value is -3.15. The van der Waals surface area contributed by atoms with Crippen LogP contribution in [0.3, 0.4) is 0 Å². The Kier molecular flexibility index (Phi) is 5.86. The maximum atomic E-state index is 13.0. The minimum atomic E-state index is -0.430. The summed E-state index contributed by atoms with van der Waals surface area (Å²) in [6, 6.07) is 15.5. The molecule has 1 heterocycles. The summed E-state index contributed by atoms with van der Waals surface area (Å²) in [5, 5.41) is 15.0. The predicted octanol–water partition coefficient (Wildman–Crippen LogP) is 3.91. The molecule has 0 spiro atoms. The minimum absolute atomic E-state index is 0.0180. The van der Waals surface area contributed by atoms with E-state index in [1.54, 1.807) is 12.0 Å². The van der Waals surface area contributed by atoms with Gasteiger partial charge in [-0.1, -0.05) is 36.4 Å². The van der Waals surface area contributed by atoms with E-state index in [2.05, 4.69) is 0 Å². The van der Waals surface area contributed by atoms with Crippen molar-refractivity contribution in [2.45, 2.75) is 18.9 Å². The van der Waals surface area contributed by atoms with Crippen molar-refractivity contribution < 1.29 is 9.53 Å². The molecule has 140 valence electrons. The van der Waals surface area contributed by atoms with Gasteiger partial charge in [-0.2, -0.15) is 0 Å². The number of anilines is 1. The number of methoxy groups -OCH3 is 1. The molecular formula is C21H24N4O2. The van der Waals surface area contributed by atoms with Crippen LogP contribution in [0.4, 0.5) is 10.5 Å². The van der Waals surface area contributed by atoms with Gasteiger partial charge >= 0.3 is 6.03 Å². The third-order valence-electron chi connectivity index (χ3n) is 4.77. The largest absolute Gasteiger partial charge is 0.496 e. The van der Waals surface area contributed by atoms with Gasteiger partial charge in [0.1, 0.15) is 5.75 Å². The molecule has 2 aromatic carbocycles. The smallest absolute Gasteiger partial charge is 0.324 e. The molecule has 0 unspecified atom stereocenters. The maximum Gasteiger partial charge on any atom is 0.324 e. The number of carbonyl (C=O) groups excluding carboxylic acids is 1. The van der Waals surface area contributed by atoms with E-state index in [9.17, 15) is 4.79 Å². The van der Waals surface area contributed by atoms with Gasteiger partial charge in [0.05, 0.1) is 13.0 Å². The molecule has 1 aliphatic rings. The van der Waals surface area contributed by atoms with Crippen LogP contribution in [0.1, 0.15) is 23.5 Å². The lowest BCUT2D eigenvalue weighted by Crippen LogP contribution is -2.49. The Labute approximate surface area is 159 Å². The van der Waals surface area contributed by atoms with E-state index < -0.39 is 5.92 Å².